The fourth-order valence-corrected chi connectivity index (χ4v) is 6.42. The van der Waals surface area contributed by atoms with Crippen LogP contribution in [-0.2, 0) is 9.53 Å². The van der Waals surface area contributed by atoms with Crippen LogP contribution in [0.15, 0.2) is 57.5 Å². The predicted octanol–water partition coefficient (Wildman–Crippen LogP) is 2.48. The fourth-order valence-electron chi connectivity index (χ4n) is 5.38. The lowest BCUT2D eigenvalue weighted by atomic mass is 9.95. The molecule has 0 radical (unpaired) electrons. The van der Waals surface area contributed by atoms with Crippen LogP contribution in [0.3, 0.4) is 0 Å². The van der Waals surface area contributed by atoms with Crippen LogP contribution >= 0.6 is 11.3 Å². The van der Waals surface area contributed by atoms with Crippen molar-refractivity contribution in [3.63, 3.8) is 0 Å². The molecule has 1 aromatic heterocycles. The number of thiazole rings is 1. The summed E-state index contributed by atoms with van der Waals surface area (Å²) in [6.07, 6.45) is 1.68. The number of esters is 1. The number of allylic oxidation sites excluding steroid dienone is 1. The van der Waals surface area contributed by atoms with E-state index in [-0.39, 0.29) is 17.9 Å². The van der Waals surface area contributed by atoms with Crippen molar-refractivity contribution in [2.45, 2.75) is 19.9 Å². The third-order valence-electron chi connectivity index (χ3n) is 7.60. The zero-order valence-corrected chi connectivity index (χ0v) is 25.5. The van der Waals surface area contributed by atoms with Crippen LogP contribution in [0.25, 0.3) is 6.08 Å². The monoisotopic (exact) mass is 607 g/mol. The van der Waals surface area contributed by atoms with Crippen molar-refractivity contribution in [3.05, 3.63) is 88.6 Å². The quantitative estimate of drug-likeness (QED) is 0.216. The van der Waals surface area contributed by atoms with Crippen molar-refractivity contribution in [2.24, 2.45) is 4.99 Å². The lowest BCUT2D eigenvalue weighted by molar-refractivity contribution is -0.384. The number of likely N-dealkylation sites (N-methyl/N-ethyl adjacent to an activating group) is 1. The maximum Gasteiger partial charge on any atom is 0.338 e. The Labute approximate surface area is 251 Å². The molecule has 5 rings (SSSR count). The number of fused-ring (bicyclic) bond motifs is 1. The number of non-ortho nitro benzene ring substituents is 1. The van der Waals surface area contributed by atoms with Gasteiger partial charge in [-0.2, -0.15) is 0 Å². The summed E-state index contributed by atoms with van der Waals surface area (Å²) in [5.41, 5.74) is 2.10. The van der Waals surface area contributed by atoms with Gasteiger partial charge in [0.1, 0.15) is 17.5 Å². The summed E-state index contributed by atoms with van der Waals surface area (Å²) < 4.78 is 18.2. The summed E-state index contributed by atoms with van der Waals surface area (Å²) in [5, 5.41) is 11.7. The Bertz CT molecular complexity index is 1790. The first-order valence-electron chi connectivity index (χ1n) is 13.8. The molecule has 3 heterocycles. The van der Waals surface area contributed by atoms with Crippen molar-refractivity contribution in [1.29, 1.82) is 0 Å². The van der Waals surface area contributed by atoms with E-state index in [1.54, 1.807) is 44.2 Å². The summed E-state index contributed by atoms with van der Waals surface area (Å²) in [7, 11) is 5.09. The van der Waals surface area contributed by atoms with Gasteiger partial charge in [0.15, 0.2) is 4.80 Å². The molecule has 0 spiro atoms. The molecule has 0 amide bonds. The lowest BCUT2D eigenvalue weighted by Crippen LogP contribution is -2.44. The Morgan fingerprint density at radius 3 is 2.53 bits per heavy atom. The van der Waals surface area contributed by atoms with Crippen LogP contribution in [0.1, 0.15) is 31.0 Å². The molecule has 2 aromatic carbocycles. The molecule has 1 saturated heterocycles. The number of nitro benzene ring substituents is 1. The number of methoxy groups -OCH3 is 2. The average Bonchev–Trinajstić information content (AvgIpc) is 3.30. The Balaban J connectivity index is 1.73. The van der Waals surface area contributed by atoms with Crippen LogP contribution in [0.2, 0.25) is 0 Å². The maximum atomic E-state index is 14.2. The first-order valence-corrected chi connectivity index (χ1v) is 14.6. The number of carbonyl (C=O) groups excluding carboxylic acids is 1. The van der Waals surface area contributed by atoms with Gasteiger partial charge in [-0.3, -0.25) is 19.5 Å². The first kappa shape index (κ1) is 30.0. The normalized spacial score (nSPS) is 17.4. The van der Waals surface area contributed by atoms with Gasteiger partial charge >= 0.3 is 5.97 Å². The topological polar surface area (TPSA) is 129 Å². The van der Waals surface area contributed by atoms with Crippen LogP contribution in [0, 0.1) is 10.1 Å². The van der Waals surface area contributed by atoms with Gasteiger partial charge in [-0.25, -0.2) is 9.79 Å². The summed E-state index contributed by atoms with van der Waals surface area (Å²) in [5.74, 6) is 0.386. The molecule has 3 aromatic rings. The van der Waals surface area contributed by atoms with Gasteiger partial charge in [-0.15, -0.1) is 0 Å². The lowest BCUT2D eigenvalue weighted by Gasteiger charge is -2.34. The maximum absolute atomic E-state index is 14.2. The van der Waals surface area contributed by atoms with E-state index in [1.807, 2.05) is 0 Å². The number of rotatable bonds is 8. The van der Waals surface area contributed by atoms with Gasteiger partial charge in [0.05, 0.1) is 41.6 Å². The number of nitrogens with zero attached hydrogens (tertiary/aromatic N) is 5. The summed E-state index contributed by atoms with van der Waals surface area (Å²) >= 11 is 1.16. The Hall–Kier alpha value is -4.49. The van der Waals surface area contributed by atoms with Crippen LogP contribution in [0.5, 0.6) is 11.5 Å². The van der Waals surface area contributed by atoms with E-state index in [4.69, 9.17) is 14.2 Å². The highest BCUT2D eigenvalue weighted by Crippen LogP contribution is 2.37. The van der Waals surface area contributed by atoms with Crippen molar-refractivity contribution < 1.29 is 23.9 Å². The zero-order valence-electron chi connectivity index (χ0n) is 24.7. The molecule has 2 aliphatic rings. The van der Waals surface area contributed by atoms with E-state index >= 15 is 0 Å². The van der Waals surface area contributed by atoms with Gasteiger partial charge < -0.3 is 24.0 Å². The molecule has 1 fully saturated rings. The molecule has 43 heavy (non-hydrogen) atoms. The highest BCUT2D eigenvalue weighted by Gasteiger charge is 2.35. The predicted molar refractivity (Wildman–Crippen MR) is 163 cm³/mol. The van der Waals surface area contributed by atoms with Crippen LogP contribution in [-0.4, -0.2) is 74.4 Å². The van der Waals surface area contributed by atoms with Crippen molar-refractivity contribution in [3.8, 4) is 11.5 Å². The number of ether oxygens (including phenoxy) is 3. The molecule has 1 atom stereocenters. The zero-order chi connectivity index (χ0) is 30.8. The molecule has 0 aliphatic carbocycles. The van der Waals surface area contributed by atoms with E-state index in [1.165, 1.54) is 30.9 Å². The number of carbonyl (C=O) groups is 1. The molecule has 226 valence electrons. The number of benzene rings is 2. The largest absolute Gasteiger partial charge is 0.497 e. The van der Waals surface area contributed by atoms with Gasteiger partial charge in [0.2, 0.25) is 0 Å². The van der Waals surface area contributed by atoms with E-state index < -0.39 is 22.5 Å². The highest BCUT2D eigenvalue weighted by molar-refractivity contribution is 7.07. The second kappa shape index (κ2) is 12.4. The van der Waals surface area contributed by atoms with E-state index in [0.29, 0.717) is 37.7 Å². The van der Waals surface area contributed by atoms with E-state index in [2.05, 4.69) is 21.8 Å². The molecule has 0 bridgehead atoms. The Morgan fingerprint density at radius 1 is 1.14 bits per heavy atom. The molecule has 13 heteroatoms. The Morgan fingerprint density at radius 2 is 1.88 bits per heavy atom. The van der Waals surface area contributed by atoms with Crippen LogP contribution in [0.4, 0.5) is 11.4 Å². The number of anilines is 1. The minimum atomic E-state index is -0.888. The number of piperazine rings is 1. The van der Waals surface area contributed by atoms with Gasteiger partial charge in [-0.1, -0.05) is 11.3 Å². The molecule has 0 saturated carbocycles. The molecule has 2 aliphatic heterocycles. The SMILES string of the molecule is CCOC(=O)C1=C(C)N=c2s/c(=C/c3cc([N+](=O)[O-])ccc3N3CCN(C)CC3)c(=O)n2C1c1ccc(OC)cc1OC. The third kappa shape index (κ3) is 5.77. The molecule has 0 N–H and O–H groups in total. The van der Waals surface area contributed by atoms with E-state index in [9.17, 15) is 19.7 Å². The first-order chi connectivity index (χ1) is 20.7. The van der Waals surface area contributed by atoms with Gasteiger partial charge in [0, 0.05) is 61.2 Å². The van der Waals surface area contributed by atoms with Crippen LogP contribution < -0.4 is 29.3 Å². The second-order valence-corrected chi connectivity index (χ2v) is 11.2. The summed E-state index contributed by atoms with van der Waals surface area (Å²) in [4.78, 5) is 48.1. The van der Waals surface area contributed by atoms with E-state index in [0.717, 1.165) is 43.2 Å². The minimum absolute atomic E-state index is 0.0711. The highest BCUT2D eigenvalue weighted by atomic mass is 32.1. The smallest absolute Gasteiger partial charge is 0.338 e. The number of hydrogen-bond acceptors (Lipinski definition) is 11. The number of nitro groups is 1. The van der Waals surface area contributed by atoms with Gasteiger partial charge in [-0.05, 0) is 45.2 Å². The minimum Gasteiger partial charge on any atom is -0.497 e. The molecule has 12 nitrogen and oxygen atoms in total. The third-order valence-corrected chi connectivity index (χ3v) is 8.59. The van der Waals surface area contributed by atoms with Crippen molar-refractivity contribution in [2.75, 3.05) is 59.0 Å². The molecule has 1 unspecified atom stereocenters. The van der Waals surface area contributed by atoms with Gasteiger partial charge in [0.25, 0.3) is 11.2 Å². The average molecular weight is 608 g/mol. The number of hydrogen-bond donors (Lipinski definition) is 0. The molecular weight excluding hydrogens is 574 g/mol. The van der Waals surface area contributed by atoms with Crippen molar-refractivity contribution in [1.82, 2.24) is 9.47 Å². The van der Waals surface area contributed by atoms with Crippen molar-refractivity contribution >= 4 is 34.8 Å². The standard InChI is InChI=1S/C30H33N5O7S/c1-6-42-29(37)26-18(2)31-30-34(27(26)22-9-8-21(40-4)17-24(22)41-5)28(36)25(43-30)16-19-15-20(35(38)39)7-10-23(19)33-13-11-32(3)12-14-33/h7-10,15-17,27H,6,11-14H2,1-5H3/b25-16+. The Kier molecular flexibility index (Phi) is 8.64. The number of aromatic nitrogens is 1. The summed E-state index contributed by atoms with van der Waals surface area (Å²) in [6.45, 7) is 6.75. The second-order valence-electron chi connectivity index (χ2n) is 10.2. The fraction of sp³-hybridized carbons (Fsp3) is 0.367. The molecular formula is C30H33N5O7S. The summed E-state index contributed by atoms with van der Waals surface area (Å²) in [6, 6.07) is 9.00.